The number of H-pyrrole nitrogens is 1. The molecular formula is C18H22N4O3. The summed E-state index contributed by atoms with van der Waals surface area (Å²) in [5.41, 5.74) is 4.17. The first kappa shape index (κ1) is 17.2. The fourth-order valence-electron chi connectivity index (χ4n) is 2.74. The molecule has 0 fully saturated rings. The van der Waals surface area contributed by atoms with Crippen LogP contribution in [0.4, 0.5) is 0 Å². The highest BCUT2D eigenvalue weighted by molar-refractivity contribution is 5.89. The van der Waals surface area contributed by atoms with Gasteiger partial charge in [0.25, 0.3) is 5.89 Å². The molecule has 132 valence electrons. The van der Waals surface area contributed by atoms with Gasteiger partial charge in [0.05, 0.1) is 0 Å². The maximum atomic E-state index is 11.7. The van der Waals surface area contributed by atoms with Gasteiger partial charge in [-0.3, -0.25) is 4.79 Å². The average Bonchev–Trinajstić information content (AvgIpc) is 3.18. The Labute approximate surface area is 146 Å². The van der Waals surface area contributed by atoms with E-state index in [2.05, 4.69) is 40.2 Å². The third-order valence-electron chi connectivity index (χ3n) is 4.26. The van der Waals surface area contributed by atoms with Gasteiger partial charge in [-0.2, -0.15) is 4.98 Å². The van der Waals surface area contributed by atoms with Gasteiger partial charge in [0.2, 0.25) is 5.91 Å². The number of hydrogen-bond acceptors (Lipinski definition) is 5. The molecule has 0 aliphatic carbocycles. The summed E-state index contributed by atoms with van der Waals surface area (Å²) in [5.74, 6) is 0.960. The molecule has 1 aromatic carbocycles. The summed E-state index contributed by atoms with van der Waals surface area (Å²) in [5, 5.41) is 5.18. The van der Waals surface area contributed by atoms with Crippen molar-refractivity contribution < 1.29 is 14.1 Å². The van der Waals surface area contributed by atoms with Crippen molar-refractivity contribution in [2.75, 3.05) is 27.3 Å². The van der Waals surface area contributed by atoms with Crippen molar-refractivity contribution in [2.24, 2.45) is 0 Å². The third-order valence-corrected chi connectivity index (χ3v) is 4.26. The van der Waals surface area contributed by atoms with Crippen molar-refractivity contribution in [3.05, 3.63) is 35.2 Å². The fraction of sp³-hybridized carbons (Fsp3) is 0.389. The van der Waals surface area contributed by atoms with Gasteiger partial charge >= 0.3 is 0 Å². The first-order valence-electron chi connectivity index (χ1n) is 8.14. The third kappa shape index (κ3) is 3.56. The minimum absolute atomic E-state index is 0.0711. The number of ether oxygens (including phenoxy) is 1. The quantitative estimate of drug-likeness (QED) is 0.744. The predicted molar refractivity (Wildman–Crippen MR) is 94.3 cm³/mol. The van der Waals surface area contributed by atoms with Crippen LogP contribution in [0.15, 0.2) is 22.7 Å². The second-order valence-corrected chi connectivity index (χ2v) is 6.19. The molecular weight excluding hydrogens is 320 g/mol. The normalized spacial score (nSPS) is 11.2. The van der Waals surface area contributed by atoms with Crippen molar-refractivity contribution in [3.63, 3.8) is 0 Å². The Kier molecular flexibility index (Phi) is 4.85. The van der Waals surface area contributed by atoms with E-state index >= 15 is 0 Å². The van der Waals surface area contributed by atoms with Gasteiger partial charge in [-0.05, 0) is 31.5 Å². The number of aromatic amines is 1. The van der Waals surface area contributed by atoms with E-state index in [1.165, 1.54) is 12.7 Å². The average molecular weight is 342 g/mol. The van der Waals surface area contributed by atoms with E-state index in [0.717, 1.165) is 22.2 Å². The number of benzene rings is 1. The van der Waals surface area contributed by atoms with E-state index in [9.17, 15) is 4.79 Å². The first-order valence-corrected chi connectivity index (χ1v) is 8.14. The van der Waals surface area contributed by atoms with Gasteiger partial charge in [0.1, 0.15) is 12.3 Å². The maximum absolute atomic E-state index is 11.7. The molecule has 0 spiro atoms. The van der Waals surface area contributed by atoms with Crippen molar-refractivity contribution in [1.29, 1.82) is 0 Å². The van der Waals surface area contributed by atoms with Crippen LogP contribution < -0.4 is 0 Å². The van der Waals surface area contributed by atoms with Gasteiger partial charge < -0.3 is 19.1 Å². The summed E-state index contributed by atoms with van der Waals surface area (Å²) >= 11 is 0. The van der Waals surface area contributed by atoms with Crippen LogP contribution in [0.25, 0.3) is 22.5 Å². The van der Waals surface area contributed by atoms with Crippen LogP contribution in [0.1, 0.15) is 17.0 Å². The van der Waals surface area contributed by atoms with Gasteiger partial charge in [0, 0.05) is 38.0 Å². The Bertz CT molecular complexity index is 897. The minimum Gasteiger partial charge on any atom is -0.375 e. The molecule has 3 aromatic rings. The van der Waals surface area contributed by atoms with E-state index in [0.29, 0.717) is 24.7 Å². The molecule has 0 atom stereocenters. The molecule has 2 aromatic heterocycles. The summed E-state index contributed by atoms with van der Waals surface area (Å²) in [6.07, 6.45) is 0.522. The Morgan fingerprint density at radius 2 is 2.16 bits per heavy atom. The number of methoxy groups -OCH3 is 1. The van der Waals surface area contributed by atoms with Crippen LogP contribution in [-0.2, 0) is 16.0 Å². The van der Waals surface area contributed by atoms with E-state index in [1.54, 1.807) is 11.9 Å². The Morgan fingerprint density at radius 1 is 1.36 bits per heavy atom. The molecule has 7 heteroatoms. The lowest BCUT2D eigenvalue weighted by atomic mass is 10.1. The topological polar surface area (TPSA) is 84.2 Å². The van der Waals surface area contributed by atoms with Crippen LogP contribution in [0.2, 0.25) is 0 Å². The van der Waals surface area contributed by atoms with Crippen molar-refractivity contribution in [2.45, 2.75) is 20.3 Å². The standard InChI is InChI=1S/C18H22N4O3/c1-11-5-6-14-13(9-11)12(2)17(19-14)18-20-15(21-25-18)7-8-22(3)16(23)10-24-4/h5-6,9,19H,7-8,10H2,1-4H3. The van der Waals surface area contributed by atoms with Gasteiger partial charge in [-0.25, -0.2) is 0 Å². The molecule has 3 rings (SSSR count). The Morgan fingerprint density at radius 3 is 2.92 bits per heavy atom. The summed E-state index contributed by atoms with van der Waals surface area (Å²) in [4.78, 5) is 21.1. The highest BCUT2D eigenvalue weighted by Gasteiger charge is 2.17. The maximum Gasteiger partial charge on any atom is 0.274 e. The molecule has 0 aliphatic heterocycles. The number of nitrogens with one attached hydrogen (secondary N) is 1. The van der Waals surface area contributed by atoms with E-state index < -0.39 is 0 Å². The highest BCUT2D eigenvalue weighted by atomic mass is 16.5. The largest absolute Gasteiger partial charge is 0.375 e. The lowest BCUT2D eigenvalue weighted by Crippen LogP contribution is -2.31. The summed E-state index contributed by atoms with van der Waals surface area (Å²) in [7, 11) is 3.23. The van der Waals surface area contributed by atoms with Crippen LogP contribution in [0.5, 0.6) is 0 Å². The number of nitrogens with zero attached hydrogens (tertiary/aromatic N) is 3. The molecule has 1 amide bonds. The number of amides is 1. The molecule has 25 heavy (non-hydrogen) atoms. The molecule has 0 aliphatic rings. The molecule has 0 radical (unpaired) electrons. The second kappa shape index (κ2) is 7.06. The van der Waals surface area contributed by atoms with Gasteiger partial charge in [-0.1, -0.05) is 16.8 Å². The molecule has 7 nitrogen and oxygen atoms in total. The van der Waals surface area contributed by atoms with Crippen LogP contribution in [-0.4, -0.2) is 53.2 Å². The van der Waals surface area contributed by atoms with E-state index in [1.807, 2.05) is 6.92 Å². The minimum atomic E-state index is -0.0759. The van der Waals surface area contributed by atoms with Crippen LogP contribution in [0.3, 0.4) is 0 Å². The van der Waals surface area contributed by atoms with E-state index in [-0.39, 0.29) is 12.5 Å². The van der Waals surface area contributed by atoms with Crippen LogP contribution >= 0.6 is 0 Å². The first-order chi connectivity index (χ1) is 12.0. The van der Waals surface area contributed by atoms with Gasteiger partial charge in [-0.15, -0.1) is 0 Å². The van der Waals surface area contributed by atoms with Crippen molar-refractivity contribution >= 4 is 16.8 Å². The number of hydrogen-bond donors (Lipinski definition) is 1. The molecule has 2 heterocycles. The van der Waals surface area contributed by atoms with Crippen molar-refractivity contribution in [1.82, 2.24) is 20.0 Å². The Hall–Kier alpha value is -2.67. The zero-order valence-electron chi connectivity index (χ0n) is 14.9. The SMILES string of the molecule is COCC(=O)N(C)CCc1noc(-c2[nH]c3ccc(C)cc3c2C)n1. The van der Waals surface area contributed by atoms with Crippen molar-refractivity contribution in [3.8, 4) is 11.6 Å². The number of aromatic nitrogens is 3. The van der Waals surface area contributed by atoms with E-state index in [4.69, 9.17) is 9.26 Å². The second-order valence-electron chi connectivity index (χ2n) is 6.19. The summed E-state index contributed by atoms with van der Waals surface area (Å²) in [6.45, 7) is 4.68. The number of carbonyl (C=O) groups is 1. The molecule has 1 N–H and O–H groups in total. The number of fused-ring (bicyclic) bond motifs is 1. The lowest BCUT2D eigenvalue weighted by molar-refractivity contribution is -0.133. The molecule has 0 unspecified atom stereocenters. The monoisotopic (exact) mass is 342 g/mol. The lowest BCUT2D eigenvalue weighted by Gasteiger charge is -2.15. The number of aryl methyl sites for hydroxylation is 2. The highest BCUT2D eigenvalue weighted by Crippen LogP contribution is 2.29. The Balaban J connectivity index is 1.75. The molecule has 0 saturated heterocycles. The zero-order valence-corrected chi connectivity index (χ0v) is 14.9. The summed E-state index contributed by atoms with van der Waals surface area (Å²) < 4.78 is 10.3. The molecule has 0 saturated carbocycles. The van der Waals surface area contributed by atoms with Gasteiger partial charge in [0.15, 0.2) is 5.82 Å². The smallest absolute Gasteiger partial charge is 0.274 e. The zero-order chi connectivity index (χ0) is 18.0. The number of rotatable bonds is 6. The van der Waals surface area contributed by atoms with Crippen LogP contribution in [0, 0.1) is 13.8 Å². The molecule has 0 bridgehead atoms. The number of carbonyl (C=O) groups excluding carboxylic acids is 1. The number of likely N-dealkylation sites (N-methyl/N-ethyl adjacent to an activating group) is 1. The predicted octanol–water partition coefficient (Wildman–Crippen LogP) is 2.48. The fourth-order valence-corrected chi connectivity index (χ4v) is 2.74. The summed E-state index contributed by atoms with van der Waals surface area (Å²) in [6, 6.07) is 6.25.